The highest BCUT2D eigenvalue weighted by atomic mass is 35.5. The minimum Gasteiger partial charge on any atom is -0.338 e. The molecule has 1 fully saturated rings. The number of halogens is 1. The number of aromatic nitrogens is 1. The van der Waals surface area contributed by atoms with Crippen LogP contribution in [0.5, 0.6) is 0 Å². The number of carbonyl (C=O) groups excluding carboxylic acids is 1. The highest BCUT2D eigenvalue weighted by Crippen LogP contribution is 2.29. The number of nitrogens with two attached hydrogens (primary N) is 1. The predicted octanol–water partition coefficient (Wildman–Crippen LogP) is 1.49. The van der Waals surface area contributed by atoms with Gasteiger partial charge in [-0.1, -0.05) is 6.92 Å². The molecule has 3 N–H and O–H groups in total. The molecular weight excluding hydrogens is 302 g/mol. The number of pyridine rings is 1. The van der Waals surface area contributed by atoms with Crippen LogP contribution in [-0.4, -0.2) is 35.4 Å². The van der Waals surface area contributed by atoms with Gasteiger partial charge in [0.25, 0.3) is 11.5 Å². The second kappa shape index (κ2) is 6.42. The normalized spacial score (nSPS) is 23.8. The first-order valence-corrected chi connectivity index (χ1v) is 7.77. The van der Waals surface area contributed by atoms with Crippen LogP contribution in [0.1, 0.15) is 47.8 Å². The van der Waals surface area contributed by atoms with E-state index in [2.05, 4.69) is 11.9 Å². The van der Waals surface area contributed by atoms with Crippen LogP contribution in [0.3, 0.4) is 0 Å². The van der Waals surface area contributed by atoms with Crippen molar-refractivity contribution in [3.05, 3.63) is 33.2 Å². The highest BCUT2D eigenvalue weighted by molar-refractivity contribution is 5.94. The summed E-state index contributed by atoms with van der Waals surface area (Å²) in [7, 11) is 0. The van der Waals surface area contributed by atoms with Gasteiger partial charge in [-0.15, -0.1) is 12.4 Å². The van der Waals surface area contributed by atoms with Gasteiger partial charge in [0, 0.05) is 18.8 Å². The lowest BCUT2D eigenvalue weighted by molar-refractivity contribution is 0.0775. The summed E-state index contributed by atoms with van der Waals surface area (Å²) in [5.41, 5.74) is 7.95. The Balaban J connectivity index is 0.00000176. The SMILES string of the molecule is CC1(CN)CCN(C(=O)c2cc3c([nH]c2=O)CCCC3)C1.Cl. The average molecular weight is 326 g/mol. The Morgan fingerprint density at radius 3 is 2.82 bits per heavy atom. The summed E-state index contributed by atoms with van der Waals surface area (Å²) < 4.78 is 0. The third-order valence-corrected chi connectivity index (χ3v) is 4.91. The molecule has 1 aliphatic carbocycles. The van der Waals surface area contributed by atoms with Crippen molar-refractivity contribution in [1.29, 1.82) is 0 Å². The lowest BCUT2D eigenvalue weighted by atomic mass is 9.90. The number of aromatic amines is 1. The molecule has 1 saturated heterocycles. The number of hydrogen-bond donors (Lipinski definition) is 2. The molecule has 1 aromatic rings. The monoisotopic (exact) mass is 325 g/mol. The summed E-state index contributed by atoms with van der Waals surface area (Å²) in [5.74, 6) is -0.151. The van der Waals surface area contributed by atoms with Crippen molar-refractivity contribution >= 4 is 18.3 Å². The van der Waals surface area contributed by atoms with Gasteiger partial charge >= 0.3 is 0 Å². The average Bonchev–Trinajstić information content (AvgIpc) is 2.89. The molecule has 0 aromatic carbocycles. The standard InChI is InChI=1S/C16H23N3O2.ClH/c1-16(9-17)6-7-19(10-16)15(21)12-8-11-4-2-3-5-13(11)18-14(12)20;/h8H,2-7,9-10,17H2,1H3,(H,18,20);1H. The number of fused-ring (bicyclic) bond motifs is 1. The van der Waals surface area contributed by atoms with E-state index in [4.69, 9.17) is 5.73 Å². The maximum atomic E-state index is 12.6. The Morgan fingerprint density at radius 2 is 2.14 bits per heavy atom. The lowest BCUT2D eigenvalue weighted by Gasteiger charge is -2.23. The van der Waals surface area contributed by atoms with Gasteiger partial charge in [-0.05, 0) is 55.7 Å². The third-order valence-electron chi connectivity index (χ3n) is 4.91. The summed E-state index contributed by atoms with van der Waals surface area (Å²) in [6, 6.07) is 1.81. The van der Waals surface area contributed by atoms with Gasteiger partial charge in [-0.3, -0.25) is 9.59 Å². The minimum absolute atomic E-state index is 0. The van der Waals surface area contributed by atoms with E-state index in [0.717, 1.165) is 43.4 Å². The van der Waals surface area contributed by atoms with Crippen molar-refractivity contribution in [3.8, 4) is 0 Å². The van der Waals surface area contributed by atoms with Crippen LogP contribution in [0.25, 0.3) is 0 Å². The number of hydrogen-bond acceptors (Lipinski definition) is 3. The van der Waals surface area contributed by atoms with Crippen molar-refractivity contribution in [2.45, 2.75) is 39.0 Å². The van der Waals surface area contributed by atoms with Gasteiger partial charge in [0.15, 0.2) is 0 Å². The van der Waals surface area contributed by atoms with E-state index in [1.807, 2.05) is 6.07 Å². The zero-order chi connectivity index (χ0) is 15.0. The van der Waals surface area contributed by atoms with Crippen molar-refractivity contribution in [2.24, 2.45) is 11.1 Å². The summed E-state index contributed by atoms with van der Waals surface area (Å²) >= 11 is 0. The van der Waals surface area contributed by atoms with Crippen molar-refractivity contribution in [3.63, 3.8) is 0 Å². The molecule has 2 heterocycles. The quantitative estimate of drug-likeness (QED) is 0.864. The summed E-state index contributed by atoms with van der Waals surface area (Å²) in [5, 5.41) is 0. The second-order valence-electron chi connectivity index (χ2n) is 6.71. The van der Waals surface area contributed by atoms with E-state index in [0.29, 0.717) is 19.6 Å². The Hall–Kier alpha value is -1.33. The number of amides is 1. The molecule has 1 atom stereocenters. The smallest absolute Gasteiger partial charge is 0.261 e. The maximum absolute atomic E-state index is 12.6. The maximum Gasteiger partial charge on any atom is 0.261 e. The Labute approximate surface area is 136 Å². The van der Waals surface area contributed by atoms with E-state index in [-0.39, 0.29) is 34.9 Å². The summed E-state index contributed by atoms with van der Waals surface area (Å²) in [6.07, 6.45) is 5.00. The number of carbonyl (C=O) groups is 1. The largest absolute Gasteiger partial charge is 0.338 e. The van der Waals surface area contributed by atoms with Gasteiger partial charge in [-0.2, -0.15) is 0 Å². The van der Waals surface area contributed by atoms with Crippen LogP contribution in [0.15, 0.2) is 10.9 Å². The summed E-state index contributed by atoms with van der Waals surface area (Å²) in [4.78, 5) is 29.5. The van der Waals surface area contributed by atoms with Crippen LogP contribution in [0.4, 0.5) is 0 Å². The fourth-order valence-electron chi connectivity index (χ4n) is 3.37. The number of H-pyrrole nitrogens is 1. The van der Waals surface area contributed by atoms with E-state index < -0.39 is 0 Å². The molecule has 1 aliphatic heterocycles. The van der Waals surface area contributed by atoms with E-state index in [1.54, 1.807) is 4.90 Å². The van der Waals surface area contributed by atoms with Gasteiger partial charge in [0.1, 0.15) is 5.56 Å². The van der Waals surface area contributed by atoms with E-state index in [1.165, 1.54) is 0 Å². The number of aryl methyl sites for hydroxylation is 2. The number of rotatable bonds is 2. The topological polar surface area (TPSA) is 79.2 Å². The van der Waals surface area contributed by atoms with Gasteiger partial charge in [-0.25, -0.2) is 0 Å². The van der Waals surface area contributed by atoms with Crippen molar-refractivity contribution in [2.75, 3.05) is 19.6 Å². The molecule has 0 bridgehead atoms. The molecule has 3 rings (SSSR count). The van der Waals surface area contributed by atoms with E-state index in [9.17, 15) is 9.59 Å². The van der Waals surface area contributed by atoms with E-state index >= 15 is 0 Å². The van der Waals surface area contributed by atoms with Crippen molar-refractivity contribution in [1.82, 2.24) is 9.88 Å². The number of nitrogens with zero attached hydrogens (tertiary/aromatic N) is 1. The van der Waals surface area contributed by atoms with Crippen LogP contribution in [-0.2, 0) is 12.8 Å². The van der Waals surface area contributed by atoms with Gasteiger partial charge in [0.2, 0.25) is 0 Å². The van der Waals surface area contributed by atoms with Crippen molar-refractivity contribution < 1.29 is 4.79 Å². The minimum atomic E-state index is -0.248. The Kier molecular flexibility index (Phi) is 4.97. The Bertz CT molecular complexity index is 628. The van der Waals surface area contributed by atoms with Crippen LogP contribution >= 0.6 is 12.4 Å². The molecular formula is C16H24ClN3O2. The third kappa shape index (κ3) is 3.06. The zero-order valence-electron chi connectivity index (χ0n) is 13.0. The molecule has 1 aromatic heterocycles. The highest BCUT2D eigenvalue weighted by Gasteiger charge is 2.36. The predicted molar refractivity (Wildman–Crippen MR) is 88.6 cm³/mol. The molecule has 0 saturated carbocycles. The number of nitrogens with one attached hydrogen (secondary N) is 1. The molecule has 1 amide bonds. The molecule has 2 aliphatic rings. The van der Waals surface area contributed by atoms with Crippen LogP contribution in [0.2, 0.25) is 0 Å². The number of likely N-dealkylation sites (tertiary alicyclic amines) is 1. The molecule has 122 valence electrons. The first kappa shape index (κ1) is 17.0. The van der Waals surface area contributed by atoms with Crippen LogP contribution in [0, 0.1) is 5.41 Å². The first-order valence-electron chi connectivity index (χ1n) is 7.77. The molecule has 0 spiro atoms. The Morgan fingerprint density at radius 1 is 1.41 bits per heavy atom. The van der Waals surface area contributed by atoms with Gasteiger partial charge < -0.3 is 15.6 Å². The van der Waals surface area contributed by atoms with Gasteiger partial charge in [0.05, 0.1) is 0 Å². The molecule has 1 unspecified atom stereocenters. The van der Waals surface area contributed by atoms with Crippen LogP contribution < -0.4 is 11.3 Å². The fraction of sp³-hybridized carbons (Fsp3) is 0.625. The fourth-order valence-corrected chi connectivity index (χ4v) is 3.37. The second-order valence-corrected chi connectivity index (χ2v) is 6.71. The zero-order valence-corrected chi connectivity index (χ0v) is 13.8. The molecule has 6 heteroatoms. The first-order chi connectivity index (χ1) is 10.0. The molecule has 5 nitrogen and oxygen atoms in total. The summed E-state index contributed by atoms with van der Waals surface area (Å²) in [6.45, 7) is 3.98. The molecule has 22 heavy (non-hydrogen) atoms. The molecule has 0 radical (unpaired) electrons. The lowest BCUT2D eigenvalue weighted by Crippen LogP contribution is -2.37.